The van der Waals surface area contributed by atoms with Crippen molar-refractivity contribution in [3.63, 3.8) is 0 Å². The first-order chi connectivity index (χ1) is 18.0. The minimum atomic E-state index is -0.478. The molecule has 0 spiro atoms. The van der Waals surface area contributed by atoms with Gasteiger partial charge in [0.15, 0.2) is 5.65 Å². The zero-order valence-corrected chi connectivity index (χ0v) is 20.7. The van der Waals surface area contributed by atoms with E-state index < -0.39 is 6.67 Å². The van der Waals surface area contributed by atoms with E-state index in [4.69, 9.17) is 0 Å². The Kier molecular flexibility index (Phi) is 6.06. The van der Waals surface area contributed by atoms with Crippen molar-refractivity contribution in [3.8, 4) is 22.6 Å². The maximum Gasteiger partial charge on any atom is 0.274 e. The minimum Gasteiger partial charge on any atom is -0.339 e. The van der Waals surface area contributed by atoms with E-state index in [1.807, 2.05) is 19.1 Å². The zero-order chi connectivity index (χ0) is 25.5. The summed E-state index contributed by atoms with van der Waals surface area (Å²) in [7, 11) is 0. The standard InChI is InChI=1S/C28H29FN6O2/c1-17-21(14-29)16-34(17)28(37)25-26(23-15-30-10-11-31-23)33-35-24(36)13-22(32-27(25)35)20-8-6-19(7-9-20)12-18-4-2-3-5-18/h6-11,13,15,17-18,21,32H,2-5,12,14,16H2,1H3/t17?,21-/m0/s1. The maximum absolute atomic E-state index is 13.7. The second kappa shape index (κ2) is 9.53. The third kappa shape index (κ3) is 4.22. The molecule has 3 aromatic heterocycles. The number of amides is 1. The molecule has 1 aliphatic heterocycles. The highest BCUT2D eigenvalue weighted by atomic mass is 19.1. The molecule has 4 aromatic rings. The van der Waals surface area contributed by atoms with E-state index in [0.717, 1.165) is 17.9 Å². The number of nitrogens with zero attached hydrogens (tertiary/aromatic N) is 5. The Labute approximate surface area is 213 Å². The number of rotatable bonds is 6. The van der Waals surface area contributed by atoms with Crippen LogP contribution in [0.2, 0.25) is 0 Å². The number of carbonyl (C=O) groups is 1. The number of benzene rings is 1. The number of halogens is 1. The number of aromatic amines is 1. The molecule has 2 atom stereocenters. The highest BCUT2D eigenvalue weighted by Gasteiger charge is 2.41. The van der Waals surface area contributed by atoms with Crippen molar-refractivity contribution in [2.24, 2.45) is 11.8 Å². The Bertz CT molecular complexity index is 1490. The molecular formula is C28H29FN6O2. The quantitative estimate of drug-likeness (QED) is 0.426. The second-order valence-corrected chi connectivity index (χ2v) is 10.3. The molecule has 1 aromatic carbocycles. The Hall–Kier alpha value is -3.88. The van der Waals surface area contributed by atoms with E-state index in [2.05, 4.69) is 32.2 Å². The van der Waals surface area contributed by atoms with Crippen molar-refractivity contribution in [1.82, 2.24) is 29.5 Å². The molecule has 1 aliphatic carbocycles. The molecular weight excluding hydrogens is 471 g/mol. The third-order valence-corrected chi connectivity index (χ3v) is 7.96. The predicted octanol–water partition coefficient (Wildman–Crippen LogP) is 4.31. The average molecular weight is 501 g/mol. The molecule has 1 amide bonds. The second-order valence-electron chi connectivity index (χ2n) is 10.3. The molecule has 2 aliphatic rings. The van der Waals surface area contributed by atoms with Crippen LogP contribution in [0.5, 0.6) is 0 Å². The Morgan fingerprint density at radius 2 is 1.95 bits per heavy atom. The molecule has 190 valence electrons. The van der Waals surface area contributed by atoms with E-state index in [1.54, 1.807) is 4.90 Å². The number of hydrogen-bond acceptors (Lipinski definition) is 5. The number of nitrogens with one attached hydrogen (secondary N) is 1. The van der Waals surface area contributed by atoms with Crippen LogP contribution >= 0.6 is 0 Å². The third-order valence-electron chi connectivity index (χ3n) is 7.96. The van der Waals surface area contributed by atoms with Gasteiger partial charge in [-0.25, -0.2) is 0 Å². The van der Waals surface area contributed by atoms with Gasteiger partial charge in [0.25, 0.3) is 11.5 Å². The molecule has 1 unspecified atom stereocenters. The van der Waals surface area contributed by atoms with Crippen molar-refractivity contribution in [2.45, 2.75) is 45.1 Å². The Morgan fingerprint density at radius 3 is 2.62 bits per heavy atom. The first-order valence-electron chi connectivity index (χ1n) is 12.9. The van der Waals surface area contributed by atoms with Crippen molar-refractivity contribution in [3.05, 3.63) is 70.4 Å². The van der Waals surface area contributed by atoms with Gasteiger partial charge >= 0.3 is 0 Å². The summed E-state index contributed by atoms with van der Waals surface area (Å²) in [6.45, 7) is 1.68. The summed E-state index contributed by atoms with van der Waals surface area (Å²) >= 11 is 0. The van der Waals surface area contributed by atoms with Crippen LogP contribution in [0.3, 0.4) is 0 Å². The lowest BCUT2D eigenvalue weighted by Crippen LogP contribution is -2.58. The molecule has 2 fully saturated rings. The van der Waals surface area contributed by atoms with Gasteiger partial charge in [-0.1, -0.05) is 49.9 Å². The summed E-state index contributed by atoms with van der Waals surface area (Å²) in [5.74, 6) is 0.249. The van der Waals surface area contributed by atoms with Crippen molar-refractivity contribution >= 4 is 11.6 Å². The first-order valence-corrected chi connectivity index (χ1v) is 12.9. The van der Waals surface area contributed by atoms with Crippen molar-refractivity contribution in [1.29, 1.82) is 0 Å². The van der Waals surface area contributed by atoms with Crippen LogP contribution in [0.1, 0.15) is 48.5 Å². The van der Waals surface area contributed by atoms with Gasteiger partial charge < -0.3 is 9.88 Å². The van der Waals surface area contributed by atoms with Crippen LogP contribution in [0.4, 0.5) is 4.39 Å². The van der Waals surface area contributed by atoms with E-state index in [1.165, 1.54) is 60.4 Å². The zero-order valence-electron chi connectivity index (χ0n) is 20.7. The predicted molar refractivity (Wildman–Crippen MR) is 138 cm³/mol. The van der Waals surface area contributed by atoms with Gasteiger partial charge in [0.1, 0.15) is 17.0 Å². The fourth-order valence-corrected chi connectivity index (χ4v) is 5.65. The van der Waals surface area contributed by atoms with Crippen molar-refractivity contribution in [2.75, 3.05) is 13.2 Å². The normalized spacial score (nSPS) is 19.9. The summed E-state index contributed by atoms with van der Waals surface area (Å²) in [4.78, 5) is 40.2. The molecule has 4 heterocycles. The number of hydrogen-bond donors (Lipinski definition) is 1. The van der Waals surface area contributed by atoms with Gasteiger partial charge in [0, 0.05) is 37.0 Å². The molecule has 1 saturated carbocycles. The smallest absolute Gasteiger partial charge is 0.274 e. The molecule has 0 bridgehead atoms. The largest absolute Gasteiger partial charge is 0.339 e. The summed E-state index contributed by atoms with van der Waals surface area (Å²) < 4.78 is 14.5. The Balaban J connectivity index is 1.42. The molecule has 9 heteroatoms. The summed E-state index contributed by atoms with van der Waals surface area (Å²) in [6.07, 6.45) is 10.8. The lowest BCUT2D eigenvalue weighted by Gasteiger charge is -2.45. The number of likely N-dealkylation sites (tertiary alicyclic amines) is 1. The molecule has 1 saturated heterocycles. The molecule has 0 radical (unpaired) electrons. The number of fused-ring (bicyclic) bond motifs is 1. The van der Waals surface area contributed by atoms with Gasteiger partial charge in [0.05, 0.1) is 18.6 Å². The van der Waals surface area contributed by atoms with Crippen LogP contribution in [-0.4, -0.2) is 54.6 Å². The van der Waals surface area contributed by atoms with Gasteiger partial charge in [-0.05, 0) is 30.4 Å². The van der Waals surface area contributed by atoms with Crippen LogP contribution in [-0.2, 0) is 6.42 Å². The van der Waals surface area contributed by atoms with Crippen LogP contribution in [0.25, 0.3) is 28.3 Å². The van der Waals surface area contributed by atoms with Crippen molar-refractivity contribution < 1.29 is 9.18 Å². The van der Waals surface area contributed by atoms with Crippen LogP contribution in [0.15, 0.2) is 53.7 Å². The lowest BCUT2D eigenvalue weighted by molar-refractivity contribution is 0.0142. The molecule has 1 N–H and O–H groups in total. The topological polar surface area (TPSA) is 96.2 Å². The highest BCUT2D eigenvalue weighted by Crippen LogP contribution is 2.32. The number of alkyl halides is 1. The molecule has 6 rings (SSSR count). The SMILES string of the molecule is CC1[C@@H](CF)CN1C(=O)c1c(-c2cnccn2)nn2c(=O)cc(-c3ccc(CC4CCCC4)cc3)[nH]c12. The van der Waals surface area contributed by atoms with E-state index >= 15 is 0 Å². The maximum atomic E-state index is 13.7. The first kappa shape index (κ1) is 23.5. The average Bonchev–Trinajstić information content (AvgIpc) is 3.57. The highest BCUT2D eigenvalue weighted by molar-refractivity contribution is 6.05. The summed E-state index contributed by atoms with van der Waals surface area (Å²) in [5, 5.41) is 4.46. The van der Waals surface area contributed by atoms with Gasteiger partial charge in [-0.2, -0.15) is 9.61 Å². The monoisotopic (exact) mass is 500 g/mol. The minimum absolute atomic E-state index is 0.192. The number of H-pyrrole nitrogens is 1. The van der Waals surface area contributed by atoms with E-state index in [0.29, 0.717) is 23.6 Å². The van der Waals surface area contributed by atoms with E-state index in [9.17, 15) is 14.0 Å². The summed E-state index contributed by atoms with van der Waals surface area (Å²) in [6, 6.07) is 9.49. The van der Waals surface area contributed by atoms with E-state index in [-0.39, 0.29) is 34.7 Å². The fraction of sp³-hybridized carbons (Fsp3) is 0.393. The fourth-order valence-electron chi connectivity index (χ4n) is 5.65. The Morgan fingerprint density at radius 1 is 1.16 bits per heavy atom. The lowest BCUT2D eigenvalue weighted by atomic mass is 9.90. The summed E-state index contributed by atoms with van der Waals surface area (Å²) in [5.41, 5.74) is 3.56. The number of aromatic nitrogens is 5. The van der Waals surface area contributed by atoms with Crippen LogP contribution < -0.4 is 5.56 Å². The van der Waals surface area contributed by atoms with Gasteiger partial charge in [-0.15, -0.1) is 0 Å². The molecule has 37 heavy (non-hydrogen) atoms. The van der Waals surface area contributed by atoms with Crippen LogP contribution in [0, 0.1) is 11.8 Å². The molecule has 8 nitrogen and oxygen atoms in total. The van der Waals surface area contributed by atoms with Gasteiger partial charge in [0.2, 0.25) is 0 Å². The number of carbonyl (C=O) groups excluding carboxylic acids is 1. The van der Waals surface area contributed by atoms with Gasteiger partial charge in [-0.3, -0.25) is 23.9 Å².